The Morgan fingerprint density at radius 3 is 2.00 bits per heavy atom. The number of para-hydroxylation sites is 1. The van der Waals surface area contributed by atoms with Gasteiger partial charge in [0.25, 0.3) is 0 Å². The summed E-state index contributed by atoms with van der Waals surface area (Å²) in [6.45, 7) is 3.26. The van der Waals surface area contributed by atoms with Crippen molar-refractivity contribution in [3.63, 3.8) is 0 Å². The van der Waals surface area contributed by atoms with Gasteiger partial charge in [0.15, 0.2) is 0 Å². The predicted molar refractivity (Wildman–Crippen MR) is 86.1 cm³/mol. The van der Waals surface area contributed by atoms with E-state index in [1.54, 1.807) is 0 Å². The van der Waals surface area contributed by atoms with Crippen LogP contribution in [0.3, 0.4) is 0 Å². The van der Waals surface area contributed by atoms with Gasteiger partial charge >= 0.3 is 0 Å². The molecule has 21 heavy (non-hydrogen) atoms. The fourth-order valence-electron chi connectivity index (χ4n) is 2.01. The number of likely N-dealkylation sites (N-methyl/N-ethyl adjacent to an activating group) is 1. The summed E-state index contributed by atoms with van der Waals surface area (Å²) >= 11 is 0. The van der Waals surface area contributed by atoms with Gasteiger partial charge in [-0.15, -0.1) is 0 Å². The minimum Gasteiger partial charge on any atom is -0.490 e. The normalized spacial score (nSPS) is 11.9. The third-order valence-corrected chi connectivity index (χ3v) is 3.32. The van der Waals surface area contributed by atoms with E-state index in [4.69, 9.17) is 9.47 Å². The molecule has 0 aliphatic heterocycles. The first-order valence-corrected chi connectivity index (χ1v) is 7.35. The van der Waals surface area contributed by atoms with Crippen LogP contribution in [0.1, 0.15) is 12.5 Å². The molecular formula is C18H23NO2. The maximum atomic E-state index is 5.67. The second-order valence-electron chi connectivity index (χ2n) is 5.05. The van der Waals surface area contributed by atoms with Gasteiger partial charge in [0.2, 0.25) is 0 Å². The van der Waals surface area contributed by atoms with Crippen LogP contribution in [-0.4, -0.2) is 26.3 Å². The van der Waals surface area contributed by atoms with Crippen LogP contribution in [0.4, 0.5) is 0 Å². The summed E-state index contributed by atoms with van der Waals surface area (Å²) < 4.78 is 11.3. The van der Waals surface area contributed by atoms with Crippen LogP contribution in [0, 0.1) is 0 Å². The molecule has 3 nitrogen and oxygen atoms in total. The summed E-state index contributed by atoms with van der Waals surface area (Å²) in [4.78, 5) is 0. The predicted octanol–water partition coefficient (Wildman–Crippen LogP) is 3.29. The molecule has 0 saturated carbocycles. The summed E-state index contributed by atoms with van der Waals surface area (Å²) in [6, 6.07) is 18.5. The molecule has 3 heteroatoms. The van der Waals surface area contributed by atoms with E-state index in [0.29, 0.717) is 19.3 Å². The van der Waals surface area contributed by atoms with Crippen molar-refractivity contribution < 1.29 is 9.47 Å². The third-order valence-electron chi connectivity index (χ3n) is 3.32. The van der Waals surface area contributed by atoms with Crippen LogP contribution in [-0.2, 0) is 6.42 Å². The summed E-state index contributed by atoms with van der Waals surface area (Å²) in [5.74, 6) is 1.75. The van der Waals surface area contributed by atoms with Crippen LogP contribution in [0.2, 0.25) is 0 Å². The summed E-state index contributed by atoms with van der Waals surface area (Å²) in [5.41, 5.74) is 1.31. The first-order chi connectivity index (χ1) is 10.3. The Morgan fingerprint density at radius 1 is 0.857 bits per heavy atom. The Balaban J connectivity index is 1.71. The monoisotopic (exact) mass is 285 g/mol. The van der Waals surface area contributed by atoms with Crippen molar-refractivity contribution in [1.29, 1.82) is 0 Å². The van der Waals surface area contributed by atoms with Crippen molar-refractivity contribution >= 4 is 0 Å². The molecule has 0 spiro atoms. The molecule has 0 amide bonds. The second kappa shape index (κ2) is 8.32. The molecule has 0 aliphatic carbocycles. The van der Waals surface area contributed by atoms with Crippen molar-refractivity contribution in [2.45, 2.75) is 19.4 Å². The summed E-state index contributed by atoms with van der Waals surface area (Å²) in [7, 11) is 1.98. The van der Waals surface area contributed by atoms with Gasteiger partial charge in [-0.25, -0.2) is 0 Å². The van der Waals surface area contributed by atoms with Gasteiger partial charge in [-0.05, 0) is 50.2 Å². The van der Waals surface area contributed by atoms with E-state index in [1.165, 1.54) is 5.56 Å². The van der Waals surface area contributed by atoms with Gasteiger partial charge in [-0.2, -0.15) is 0 Å². The Hall–Kier alpha value is -2.00. The van der Waals surface area contributed by atoms with Crippen LogP contribution < -0.4 is 14.8 Å². The quantitative estimate of drug-likeness (QED) is 0.755. The lowest BCUT2D eigenvalue weighted by Gasteiger charge is -2.11. The molecule has 1 N–H and O–H groups in total. The van der Waals surface area contributed by atoms with Gasteiger partial charge in [0, 0.05) is 6.04 Å². The molecule has 0 bridgehead atoms. The van der Waals surface area contributed by atoms with Crippen molar-refractivity contribution in [1.82, 2.24) is 5.32 Å². The fraction of sp³-hybridized carbons (Fsp3) is 0.333. The number of hydrogen-bond donors (Lipinski definition) is 1. The Labute approximate surface area is 126 Å². The van der Waals surface area contributed by atoms with E-state index < -0.39 is 0 Å². The van der Waals surface area contributed by atoms with E-state index in [-0.39, 0.29) is 0 Å². The molecule has 0 saturated heterocycles. The summed E-state index contributed by atoms with van der Waals surface area (Å²) in [5, 5.41) is 3.24. The molecule has 2 aromatic carbocycles. The van der Waals surface area contributed by atoms with Gasteiger partial charge in [-0.1, -0.05) is 30.3 Å². The minimum atomic E-state index is 0.482. The highest BCUT2D eigenvalue weighted by atomic mass is 16.5. The number of ether oxygens (including phenoxy) is 2. The topological polar surface area (TPSA) is 30.5 Å². The fourth-order valence-corrected chi connectivity index (χ4v) is 2.01. The van der Waals surface area contributed by atoms with E-state index >= 15 is 0 Å². The molecule has 0 aromatic heterocycles. The zero-order chi connectivity index (χ0) is 14.9. The zero-order valence-electron chi connectivity index (χ0n) is 12.7. The second-order valence-corrected chi connectivity index (χ2v) is 5.05. The lowest BCUT2D eigenvalue weighted by molar-refractivity contribution is 0.217. The van der Waals surface area contributed by atoms with Crippen molar-refractivity contribution in [2.75, 3.05) is 20.3 Å². The highest BCUT2D eigenvalue weighted by Gasteiger charge is 2.01. The smallest absolute Gasteiger partial charge is 0.122 e. The first-order valence-electron chi connectivity index (χ1n) is 7.35. The van der Waals surface area contributed by atoms with Crippen LogP contribution >= 0.6 is 0 Å². The van der Waals surface area contributed by atoms with E-state index in [0.717, 1.165) is 17.9 Å². The van der Waals surface area contributed by atoms with Crippen LogP contribution in [0.25, 0.3) is 0 Å². The Bertz CT molecular complexity index is 511. The first kappa shape index (κ1) is 15.4. The minimum absolute atomic E-state index is 0.482. The SMILES string of the molecule is CNC(C)Cc1ccc(OCCOc2ccccc2)cc1. The van der Waals surface area contributed by atoms with Crippen LogP contribution in [0.15, 0.2) is 54.6 Å². The molecule has 1 unspecified atom stereocenters. The maximum absolute atomic E-state index is 5.67. The molecule has 0 heterocycles. The molecule has 1 atom stereocenters. The Morgan fingerprint density at radius 2 is 1.43 bits per heavy atom. The largest absolute Gasteiger partial charge is 0.490 e. The molecule has 0 radical (unpaired) electrons. The lowest BCUT2D eigenvalue weighted by Crippen LogP contribution is -2.23. The van der Waals surface area contributed by atoms with Gasteiger partial charge in [-0.3, -0.25) is 0 Å². The third kappa shape index (κ3) is 5.48. The molecule has 112 valence electrons. The summed E-state index contributed by atoms with van der Waals surface area (Å²) in [6.07, 6.45) is 1.02. The van der Waals surface area contributed by atoms with Gasteiger partial charge in [0.1, 0.15) is 24.7 Å². The van der Waals surface area contributed by atoms with Gasteiger partial charge in [0.05, 0.1) is 0 Å². The molecule has 2 rings (SSSR count). The number of rotatable bonds is 8. The number of nitrogens with one attached hydrogen (secondary N) is 1. The van der Waals surface area contributed by atoms with E-state index in [9.17, 15) is 0 Å². The maximum Gasteiger partial charge on any atom is 0.122 e. The number of benzene rings is 2. The highest BCUT2D eigenvalue weighted by Crippen LogP contribution is 2.14. The molecule has 2 aromatic rings. The van der Waals surface area contributed by atoms with E-state index in [1.807, 2.05) is 49.5 Å². The van der Waals surface area contributed by atoms with Crippen LogP contribution in [0.5, 0.6) is 11.5 Å². The molecular weight excluding hydrogens is 262 g/mol. The average molecular weight is 285 g/mol. The average Bonchev–Trinajstić information content (AvgIpc) is 2.54. The zero-order valence-corrected chi connectivity index (χ0v) is 12.7. The van der Waals surface area contributed by atoms with E-state index in [2.05, 4.69) is 24.4 Å². The molecule has 0 fully saturated rings. The van der Waals surface area contributed by atoms with Crippen molar-refractivity contribution in [2.24, 2.45) is 0 Å². The van der Waals surface area contributed by atoms with Gasteiger partial charge < -0.3 is 14.8 Å². The lowest BCUT2D eigenvalue weighted by atomic mass is 10.1. The molecule has 0 aliphatic rings. The number of hydrogen-bond acceptors (Lipinski definition) is 3. The van der Waals surface area contributed by atoms with Crippen molar-refractivity contribution in [3.8, 4) is 11.5 Å². The standard InChI is InChI=1S/C18H23NO2/c1-15(19-2)14-16-8-10-18(11-9-16)21-13-12-20-17-6-4-3-5-7-17/h3-11,15,19H,12-14H2,1-2H3. The Kier molecular flexibility index (Phi) is 6.10. The van der Waals surface area contributed by atoms with Crippen molar-refractivity contribution in [3.05, 3.63) is 60.2 Å². The highest BCUT2D eigenvalue weighted by molar-refractivity contribution is 5.27.